The molecule has 5 heteroatoms. The summed E-state index contributed by atoms with van der Waals surface area (Å²) in [6.07, 6.45) is 5.26. The maximum atomic E-state index is 5.70. The molecule has 0 spiro atoms. The highest BCUT2D eigenvalue weighted by molar-refractivity contribution is 5.79. The molecule has 106 valence electrons. The molecule has 0 bridgehead atoms. The Morgan fingerprint density at radius 1 is 1.14 bits per heavy atom. The molecule has 1 aromatic carbocycles. The minimum atomic E-state index is 0.686. The molecule has 0 unspecified atom stereocenters. The SMILES string of the molecule is c1cncc(Cc2nc3cc4c(cc3[nH]2)OCCCO4)c1. The molecule has 0 radical (unpaired) electrons. The van der Waals surface area contributed by atoms with Crippen LogP contribution in [-0.2, 0) is 6.42 Å². The lowest BCUT2D eigenvalue weighted by Gasteiger charge is -2.05. The third-order valence-electron chi connectivity index (χ3n) is 3.49. The van der Waals surface area contributed by atoms with Gasteiger partial charge in [0.1, 0.15) is 5.82 Å². The average molecular weight is 281 g/mol. The number of nitrogens with zero attached hydrogens (tertiary/aromatic N) is 2. The largest absolute Gasteiger partial charge is 0.489 e. The van der Waals surface area contributed by atoms with Gasteiger partial charge >= 0.3 is 0 Å². The second kappa shape index (κ2) is 5.09. The number of ether oxygens (including phenoxy) is 2. The van der Waals surface area contributed by atoms with E-state index in [1.807, 2.05) is 30.5 Å². The Morgan fingerprint density at radius 2 is 2.00 bits per heavy atom. The zero-order valence-electron chi connectivity index (χ0n) is 11.5. The van der Waals surface area contributed by atoms with E-state index in [2.05, 4.69) is 15.0 Å². The topological polar surface area (TPSA) is 60.0 Å². The van der Waals surface area contributed by atoms with Crippen LogP contribution in [-0.4, -0.2) is 28.2 Å². The fraction of sp³-hybridized carbons (Fsp3) is 0.250. The van der Waals surface area contributed by atoms with Gasteiger partial charge in [0, 0.05) is 37.4 Å². The molecule has 0 fully saturated rings. The molecule has 0 aliphatic carbocycles. The van der Waals surface area contributed by atoms with Crippen LogP contribution in [0.5, 0.6) is 11.5 Å². The zero-order valence-corrected chi connectivity index (χ0v) is 11.5. The van der Waals surface area contributed by atoms with E-state index < -0.39 is 0 Å². The smallest absolute Gasteiger partial charge is 0.163 e. The number of H-pyrrole nitrogens is 1. The standard InChI is InChI=1S/C16H15N3O2/c1-3-11(10-17-4-1)7-16-18-12-8-14-15(9-13(12)19-16)21-6-2-5-20-14/h1,3-4,8-10H,2,5-7H2,(H,18,19). The number of hydrogen-bond acceptors (Lipinski definition) is 4. The summed E-state index contributed by atoms with van der Waals surface area (Å²) in [4.78, 5) is 12.1. The molecule has 3 aromatic rings. The number of hydrogen-bond donors (Lipinski definition) is 1. The Labute approximate surface area is 121 Å². The molecule has 0 atom stereocenters. The molecule has 21 heavy (non-hydrogen) atoms. The maximum absolute atomic E-state index is 5.70. The lowest BCUT2D eigenvalue weighted by molar-refractivity contribution is 0.297. The molecular weight excluding hydrogens is 266 g/mol. The van der Waals surface area contributed by atoms with E-state index in [1.165, 1.54) is 0 Å². The van der Waals surface area contributed by atoms with Crippen LogP contribution < -0.4 is 9.47 Å². The third kappa shape index (κ3) is 2.42. The highest BCUT2D eigenvalue weighted by Crippen LogP contribution is 2.33. The number of aromatic amines is 1. The van der Waals surface area contributed by atoms with E-state index in [4.69, 9.17) is 9.47 Å². The monoisotopic (exact) mass is 281 g/mol. The van der Waals surface area contributed by atoms with Gasteiger partial charge in [-0.05, 0) is 11.6 Å². The number of pyridine rings is 1. The van der Waals surface area contributed by atoms with Gasteiger partial charge in [0.05, 0.1) is 24.2 Å². The molecule has 1 aliphatic rings. The van der Waals surface area contributed by atoms with Crippen LogP contribution in [0, 0.1) is 0 Å². The van der Waals surface area contributed by atoms with Crippen molar-refractivity contribution in [2.24, 2.45) is 0 Å². The first-order valence-corrected chi connectivity index (χ1v) is 7.06. The molecule has 4 rings (SSSR count). The van der Waals surface area contributed by atoms with Gasteiger partial charge < -0.3 is 14.5 Å². The van der Waals surface area contributed by atoms with Gasteiger partial charge in [0.25, 0.3) is 0 Å². The Kier molecular flexibility index (Phi) is 2.96. The van der Waals surface area contributed by atoms with Crippen LogP contribution in [0.25, 0.3) is 11.0 Å². The summed E-state index contributed by atoms with van der Waals surface area (Å²) in [5, 5.41) is 0. The van der Waals surface area contributed by atoms with Crippen molar-refractivity contribution in [2.75, 3.05) is 13.2 Å². The van der Waals surface area contributed by atoms with Crippen molar-refractivity contribution in [3.63, 3.8) is 0 Å². The zero-order chi connectivity index (χ0) is 14.1. The van der Waals surface area contributed by atoms with Crippen LogP contribution >= 0.6 is 0 Å². The summed E-state index contributed by atoms with van der Waals surface area (Å²) >= 11 is 0. The van der Waals surface area contributed by atoms with Crippen molar-refractivity contribution in [3.05, 3.63) is 48.0 Å². The van der Waals surface area contributed by atoms with Crippen molar-refractivity contribution in [2.45, 2.75) is 12.8 Å². The lowest BCUT2D eigenvalue weighted by Crippen LogP contribution is -1.97. The number of nitrogens with one attached hydrogen (secondary N) is 1. The molecule has 3 heterocycles. The molecule has 0 saturated heterocycles. The van der Waals surface area contributed by atoms with E-state index in [-0.39, 0.29) is 0 Å². The molecule has 5 nitrogen and oxygen atoms in total. The summed E-state index contributed by atoms with van der Waals surface area (Å²) in [5.74, 6) is 2.48. The fourth-order valence-corrected chi connectivity index (χ4v) is 2.50. The van der Waals surface area contributed by atoms with Crippen LogP contribution in [0.2, 0.25) is 0 Å². The molecule has 0 saturated carbocycles. The highest BCUT2D eigenvalue weighted by Gasteiger charge is 2.14. The van der Waals surface area contributed by atoms with Crippen molar-refractivity contribution in [1.29, 1.82) is 0 Å². The van der Waals surface area contributed by atoms with Crippen LogP contribution in [0.15, 0.2) is 36.7 Å². The van der Waals surface area contributed by atoms with Crippen LogP contribution in [0.1, 0.15) is 17.8 Å². The van der Waals surface area contributed by atoms with Crippen molar-refractivity contribution >= 4 is 11.0 Å². The third-order valence-corrected chi connectivity index (χ3v) is 3.49. The van der Waals surface area contributed by atoms with Crippen LogP contribution in [0.4, 0.5) is 0 Å². The second-order valence-electron chi connectivity index (χ2n) is 5.09. The molecule has 2 aromatic heterocycles. The predicted octanol–water partition coefficient (Wildman–Crippen LogP) is 2.71. The average Bonchev–Trinajstić information content (AvgIpc) is 2.74. The van der Waals surface area contributed by atoms with Gasteiger partial charge in [0.2, 0.25) is 0 Å². The number of aromatic nitrogens is 3. The minimum absolute atomic E-state index is 0.686. The second-order valence-corrected chi connectivity index (χ2v) is 5.09. The number of rotatable bonds is 2. The van der Waals surface area contributed by atoms with Gasteiger partial charge in [-0.2, -0.15) is 0 Å². The van der Waals surface area contributed by atoms with E-state index >= 15 is 0 Å². The van der Waals surface area contributed by atoms with E-state index in [0.717, 1.165) is 46.8 Å². The van der Waals surface area contributed by atoms with Crippen LogP contribution in [0.3, 0.4) is 0 Å². The Hall–Kier alpha value is -2.56. The summed E-state index contributed by atoms with van der Waals surface area (Å²) in [6, 6.07) is 7.89. The Balaban J connectivity index is 1.70. The Morgan fingerprint density at radius 3 is 2.81 bits per heavy atom. The van der Waals surface area contributed by atoms with Gasteiger partial charge in [0.15, 0.2) is 11.5 Å². The highest BCUT2D eigenvalue weighted by atomic mass is 16.5. The maximum Gasteiger partial charge on any atom is 0.163 e. The van der Waals surface area contributed by atoms with Crippen molar-refractivity contribution in [3.8, 4) is 11.5 Å². The first kappa shape index (κ1) is 12.2. The summed E-state index contributed by atoms with van der Waals surface area (Å²) in [5.41, 5.74) is 3.00. The quantitative estimate of drug-likeness (QED) is 0.784. The summed E-state index contributed by atoms with van der Waals surface area (Å²) in [6.45, 7) is 1.38. The van der Waals surface area contributed by atoms with Crippen molar-refractivity contribution in [1.82, 2.24) is 15.0 Å². The number of fused-ring (bicyclic) bond motifs is 2. The fourth-order valence-electron chi connectivity index (χ4n) is 2.50. The summed E-state index contributed by atoms with van der Waals surface area (Å²) < 4.78 is 11.4. The van der Waals surface area contributed by atoms with Gasteiger partial charge in [-0.25, -0.2) is 4.98 Å². The molecular formula is C16H15N3O2. The number of imidazole rings is 1. The first-order valence-electron chi connectivity index (χ1n) is 7.06. The van der Waals surface area contributed by atoms with E-state index in [0.29, 0.717) is 13.2 Å². The predicted molar refractivity (Wildman–Crippen MR) is 78.7 cm³/mol. The lowest BCUT2D eigenvalue weighted by atomic mass is 10.2. The minimum Gasteiger partial charge on any atom is -0.489 e. The van der Waals surface area contributed by atoms with E-state index in [1.54, 1.807) is 6.20 Å². The number of benzene rings is 1. The van der Waals surface area contributed by atoms with Crippen molar-refractivity contribution < 1.29 is 9.47 Å². The molecule has 0 amide bonds. The normalized spacial score (nSPS) is 14.1. The van der Waals surface area contributed by atoms with E-state index in [9.17, 15) is 0 Å². The Bertz CT molecular complexity index is 725. The molecule has 1 aliphatic heterocycles. The first-order chi connectivity index (χ1) is 10.4. The van der Waals surface area contributed by atoms with Gasteiger partial charge in [-0.1, -0.05) is 6.07 Å². The molecule has 1 N–H and O–H groups in total. The summed E-state index contributed by atoms with van der Waals surface area (Å²) in [7, 11) is 0. The van der Waals surface area contributed by atoms with Gasteiger partial charge in [-0.15, -0.1) is 0 Å². The van der Waals surface area contributed by atoms with Gasteiger partial charge in [-0.3, -0.25) is 4.98 Å².